The van der Waals surface area contributed by atoms with Crippen molar-refractivity contribution in [1.82, 2.24) is 0 Å². The molecule has 1 heterocycles. The van der Waals surface area contributed by atoms with Crippen molar-refractivity contribution in [2.45, 2.75) is 19.3 Å². The topological polar surface area (TPSA) is 77.1 Å². The number of ether oxygens (including phenoxy) is 3. The Balaban J connectivity index is 1.92. The minimum Gasteiger partial charge on any atom is -0.493 e. The normalized spacial score (nSPS) is 13.6. The van der Waals surface area contributed by atoms with Crippen LogP contribution in [0.3, 0.4) is 0 Å². The molecule has 1 aliphatic heterocycles. The van der Waals surface area contributed by atoms with Crippen LogP contribution in [0.5, 0.6) is 11.5 Å². The maximum atomic E-state index is 12.9. The van der Waals surface area contributed by atoms with E-state index in [-0.39, 0.29) is 5.91 Å². The number of piperidine rings is 1. The van der Waals surface area contributed by atoms with E-state index in [1.54, 1.807) is 37.4 Å². The molecule has 1 aliphatic rings. The number of amides is 1. The predicted molar refractivity (Wildman–Crippen MR) is 111 cm³/mol. The van der Waals surface area contributed by atoms with Crippen LogP contribution in [0.25, 0.3) is 0 Å². The van der Waals surface area contributed by atoms with Crippen molar-refractivity contribution in [1.29, 1.82) is 0 Å². The Morgan fingerprint density at radius 1 is 0.862 bits per heavy atom. The summed E-state index contributed by atoms with van der Waals surface area (Å²) in [5.41, 5.74) is 2.28. The third-order valence-electron chi connectivity index (χ3n) is 5.01. The van der Waals surface area contributed by atoms with E-state index >= 15 is 0 Å². The van der Waals surface area contributed by atoms with Crippen LogP contribution in [0, 0.1) is 0 Å². The summed E-state index contributed by atoms with van der Waals surface area (Å²) in [6, 6.07) is 10.2. The van der Waals surface area contributed by atoms with Crippen molar-refractivity contribution in [2.75, 3.05) is 44.6 Å². The van der Waals surface area contributed by atoms with Gasteiger partial charge in [0.05, 0.1) is 38.3 Å². The van der Waals surface area contributed by atoms with E-state index in [1.807, 2.05) is 6.07 Å². The largest absolute Gasteiger partial charge is 0.493 e. The highest BCUT2D eigenvalue weighted by atomic mass is 16.5. The molecule has 0 bridgehead atoms. The maximum Gasteiger partial charge on any atom is 0.337 e. The van der Waals surface area contributed by atoms with Crippen LogP contribution >= 0.6 is 0 Å². The van der Waals surface area contributed by atoms with E-state index in [4.69, 9.17) is 14.2 Å². The van der Waals surface area contributed by atoms with Crippen molar-refractivity contribution >= 4 is 23.3 Å². The minimum atomic E-state index is -0.447. The Morgan fingerprint density at radius 2 is 1.55 bits per heavy atom. The van der Waals surface area contributed by atoms with Crippen LogP contribution in [0.4, 0.5) is 11.4 Å². The summed E-state index contributed by atoms with van der Waals surface area (Å²) in [4.78, 5) is 27.1. The maximum absolute atomic E-state index is 12.9. The second-order valence-corrected chi connectivity index (χ2v) is 6.80. The van der Waals surface area contributed by atoms with Crippen LogP contribution < -0.4 is 19.7 Å². The van der Waals surface area contributed by atoms with Crippen molar-refractivity contribution in [3.05, 3.63) is 47.5 Å². The number of rotatable bonds is 6. The van der Waals surface area contributed by atoms with E-state index in [0.717, 1.165) is 31.6 Å². The summed E-state index contributed by atoms with van der Waals surface area (Å²) in [5.74, 6) is 0.272. The Morgan fingerprint density at radius 3 is 2.21 bits per heavy atom. The Labute approximate surface area is 170 Å². The molecule has 29 heavy (non-hydrogen) atoms. The SMILES string of the molecule is COC(=O)c1ccc(N2CCCCC2)c(NC(=O)c2ccc(OC)c(OC)c2)c1. The molecular formula is C22H26N2O5. The van der Waals surface area contributed by atoms with Crippen LogP contribution in [0.2, 0.25) is 0 Å². The second kappa shape index (κ2) is 9.32. The summed E-state index contributed by atoms with van der Waals surface area (Å²) >= 11 is 0. The molecule has 1 fully saturated rings. The van der Waals surface area contributed by atoms with Gasteiger partial charge in [-0.1, -0.05) is 0 Å². The third kappa shape index (κ3) is 4.62. The molecule has 0 aliphatic carbocycles. The fraction of sp³-hybridized carbons (Fsp3) is 0.364. The lowest BCUT2D eigenvalue weighted by molar-refractivity contribution is 0.0600. The summed E-state index contributed by atoms with van der Waals surface area (Å²) < 4.78 is 15.3. The van der Waals surface area contributed by atoms with Gasteiger partial charge in [-0.25, -0.2) is 4.79 Å². The second-order valence-electron chi connectivity index (χ2n) is 6.80. The molecule has 3 rings (SSSR count). The number of carbonyl (C=O) groups excluding carboxylic acids is 2. The molecule has 1 N–H and O–H groups in total. The van der Waals surface area contributed by atoms with E-state index in [9.17, 15) is 9.59 Å². The molecule has 7 nitrogen and oxygen atoms in total. The van der Waals surface area contributed by atoms with Crippen molar-refractivity contribution in [3.63, 3.8) is 0 Å². The molecule has 7 heteroatoms. The predicted octanol–water partition coefficient (Wildman–Crippen LogP) is 3.73. The minimum absolute atomic E-state index is 0.300. The third-order valence-corrected chi connectivity index (χ3v) is 5.01. The summed E-state index contributed by atoms with van der Waals surface area (Å²) in [6.45, 7) is 1.83. The number of esters is 1. The molecule has 1 amide bonds. The molecule has 1 saturated heterocycles. The van der Waals surface area contributed by atoms with Gasteiger partial charge in [0.15, 0.2) is 11.5 Å². The summed E-state index contributed by atoms with van der Waals surface area (Å²) in [7, 11) is 4.40. The zero-order valence-corrected chi connectivity index (χ0v) is 17.0. The number of hydrogen-bond donors (Lipinski definition) is 1. The summed E-state index contributed by atoms with van der Waals surface area (Å²) in [6.07, 6.45) is 3.40. The highest BCUT2D eigenvalue weighted by Crippen LogP contribution is 2.32. The number of nitrogens with zero attached hydrogens (tertiary/aromatic N) is 1. The lowest BCUT2D eigenvalue weighted by Crippen LogP contribution is -2.30. The number of hydrogen-bond acceptors (Lipinski definition) is 6. The first kappa shape index (κ1) is 20.5. The lowest BCUT2D eigenvalue weighted by Gasteiger charge is -2.30. The number of benzene rings is 2. The van der Waals surface area contributed by atoms with Gasteiger partial charge in [0.25, 0.3) is 5.91 Å². The first-order chi connectivity index (χ1) is 14.1. The highest BCUT2D eigenvalue weighted by Gasteiger charge is 2.19. The van der Waals surface area contributed by atoms with Gasteiger partial charge in [-0.05, 0) is 55.7 Å². The number of methoxy groups -OCH3 is 3. The molecule has 0 radical (unpaired) electrons. The molecule has 0 unspecified atom stereocenters. The van der Waals surface area contributed by atoms with Crippen molar-refractivity contribution < 1.29 is 23.8 Å². The lowest BCUT2D eigenvalue weighted by atomic mass is 10.1. The fourth-order valence-corrected chi connectivity index (χ4v) is 3.46. The molecule has 154 valence electrons. The van der Waals surface area contributed by atoms with Gasteiger partial charge >= 0.3 is 5.97 Å². The molecule has 2 aromatic rings. The van der Waals surface area contributed by atoms with Crippen molar-refractivity contribution in [3.8, 4) is 11.5 Å². The Bertz CT molecular complexity index is 891. The van der Waals surface area contributed by atoms with Crippen LogP contribution in [-0.4, -0.2) is 46.3 Å². The van der Waals surface area contributed by atoms with E-state index < -0.39 is 5.97 Å². The van der Waals surface area contributed by atoms with Gasteiger partial charge in [-0.15, -0.1) is 0 Å². The van der Waals surface area contributed by atoms with Crippen LogP contribution in [-0.2, 0) is 4.74 Å². The first-order valence-electron chi connectivity index (χ1n) is 9.58. The van der Waals surface area contributed by atoms with E-state index in [2.05, 4.69) is 10.2 Å². The number of anilines is 2. The quantitative estimate of drug-likeness (QED) is 0.747. The highest BCUT2D eigenvalue weighted by molar-refractivity contribution is 6.07. The van der Waals surface area contributed by atoms with Crippen LogP contribution in [0.15, 0.2) is 36.4 Å². The number of nitrogens with one attached hydrogen (secondary N) is 1. The fourth-order valence-electron chi connectivity index (χ4n) is 3.46. The van der Waals surface area contributed by atoms with Gasteiger partial charge in [0, 0.05) is 18.7 Å². The summed E-state index contributed by atoms with van der Waals surface area (Å²) in [5, 5.41) is 2.95. The molecular weight excluding hydrogens is 372 g/mol. The Hall–Kier alpha value is -3.22. The molecule has 0 aromatic heterocycles. The van der Waals surface area contributed by atoms with E-state index in [1.165, 1.54) is 20.6 Å². The first-order valence-corrected chi connectivity index (χ1v) is 9.58. The Kier molecular flexibility index (Phi) is 6.59. The zero-order chi connectivity index (χ0) is 20.8. The van der Waals surface area contributed by atoms with Gasteiger partial charge in [-0.2, -0.15) is 0 Å². The molecule has 0 saturated carbocycles. The number of carbonyl (C=O) groups is 2. The van der Waals surface area contributed by atoms with Crippen molar-refractivity contribution in [2.24, 2.45) is 0 Å². The molecule has 0 spiro atoms. The zero-order valence-electron chi connectivity index (χ0n) is 17.0. The van der Waals surface area contributed by atoms with Gasteiger partial charge in [0.1, 0.15) is 0 Å². The van der Waals surface area contributed by atoms with Gasteiger partial charge in [-0.3, -0.25) is 4.79 Å². The smallest absolute Gasteiger partial charge is 0.337 e. The molecule has 0 atom stereocenters. The van der Waals surface area contributed by atoms with Crippen LogP contribution in [0.1, 0.15) is 40.0 Å². The standard InChI is InChI=1S/C22H26N2O5/c1-27-19-10-8-15(14-20(19)28-2)21(25)23-17-13-16(22(26)29-3)7-9-18(17)24-11-5-4-6-12-24/h7-10,13-14H,4-6,11-12H2,1-3H3,(H,23,25). The monoisotopic (exact) mass is 398 g/mol. The van der Waals surface area contributed by atoms with Gasteiger partial charge < -0.3 is 24.4 Å². The van der Waals surface area contributed by atoms with Gasteiger partial charge in [0.2, 0.25) is 0 Å². The molecule has 2 aromatic carbocycles. The van der Waals surface area contributed by atoms with E-state index in [0.29, 0.717) is 28.3 Å². The average Bonchev–Trinajstić information content (AvgIpc) is 2.78. The average molecular weight is 398 g/mol.